The molecule has 0 aliphatic carbocycles. The standard InChI is InChI=1S/C16H19Cl2NS/c1-4-10(2)11-5-7-12(8-6-11)15(19-3)13-9-14(17)20-16(13)18/h5-10,15,19H,4H2,1-3H3. The predicted molar refractivity (Wildman–Crippen MR) is 90.4 cm³/mol. The SMILES string of the molecule is CCC(C)c1ccc(C(NC)c2cc(Cl)sc2Cl)cc1. The Kier molecular flexibility index (Phi) is 5.50. The number of rotatable bonds is 5. The molecule has 4 heteroatoms. The molecule has 0 aliphatic heterocycles. The van der Waals surface area contributed by atoms with Gasteiger partial charge in [-0.2, -0.15) is 0 Å². The van der Waals surface area contributed by atoms with Crippen LogP contribution in [0.25, 0.3) is 0 Å². The molecule has 2 unspecified atom stereocenters. The number of nitrogens with one attached hydrogen (secondary N) is 1. The molecular weight excluding hydrogens is 309 g/mol. The van der Waals surface area contributed by atoms with Crippen LogP contribution in [0.1, 0.15) is 48.9 Å². The molecule has 0 bridgehead atoms. The van der Waals surface area contributed by atoms with E-state index in [4.69, 9.17) is 23.2 Å². The normalized spacial score (nSPS) is 14.2. The Balaban J connectivity index is 2.30. The third-order valence-corrected chi connectivity index (χ3v) is 5.25. The van der Waals surface area contributed by atoms with Gasteiger partial charge in [-0.15, -0.1) is 11.3 Å². The van der Waals surface area contributed by atoms with Crippen molar-refractivity contribution in [3.63, 3.8) is 0 Å². The molecule has 0 saturated heterocycles. The lowest BCUT2D eigenvalue weighted by atomic mass is 9.94. The highest BCUT2D eigenvalue weighted by Crippen LogP contribution is 2.37. The van der Waals surface area contributed by atoms with Crippen molar-refractivity contribution in [1.82, 2.24) is 5.32 Å². The van der Waals surface area contributed by atoms with E-state index in [0.717, 1.165) is 20.7 Å². The summed E-state index contributed by atoms with van der Waals surface area (Å²) in [5, 5.41) is 3.32. The average molecular weight is 328 g/mol. The Labute approximate surface area is 134 Å². The van der Waals surface area contributed by atoms with Gasteiger partial charge in [0.25, 0.3) is 0 Å². The maximum Gasteiger partial charge on any atom is 0.0995 e. The molecule has 0 aliphatic rings. The third-order valence-electron chi connectivity index (χ3n) is 3.73. The van der Waals surface area contributed by atoms with E-state index < -0.39 is 0 Å². The van der Waals surface area contributed by atoms with Gasteiger partial charge in [0.15, 0.2) is 0 Å². The minimum absolute atomic E-state index is 0.0808. The second-order valence-electron chi connectivity index (χ2n) is 4.98. The summed E-state index contributed by atoms with van der Waals surface area (Å²) in [6.45, 7) is 4.46. The quantitative estimate of drug-likeness (QED) is 0.723. The smallest absolute Gasteiger partial charge is 0.0995 e. The van der Waals surface area contributed by atoms with Gasteiger partial charge in [0.05, 0.1) is 14.7 Å². The summed E-state index contributed by atoms with van der Waals surface area (Å²) in [5.41, 5.74) is 3.62. The number of thiophene rings is 1. The zero-order valence-corrected chi connectivity index (χ0v) is 14.2. The summed E-state index contributed by atoms with van der Waals surface area (Å²) < 4.78 is 1.47. The van der Waals surface area contributed by atoms with Crippen molar-refractivity contribution in [3.05, 3.63) is 55.7 Å². The largest absolute Gasteiger partial charge is 0.309 e. The average Bonchev–Trinajstić information content (AvgIpc) is 2.78. The van der Waals surface area contributed by atoms with Gasteiger partial charge in [0.1, 0.15) is 0 Å². The lowest BCUT2D eigenvalue weighted by Gasteiger charge is -2.17. The number of halogens is 2. The predicted octanol–water partition coefficient (Wildman–Crippen LogP) is 5.88. The number of hydrogen-bond acceptors (Lipinski definition) is 2. The first-order valence-corrected chi connectivity index (χ1v) is 8.35. The molecule has 2 rings (SSSR count). The lowest BCUT2D eigenvalue weighted by molar-refractivity contribution is 0.691. The fourth-order valence-corrected chi connectivity index (χ4v) is 3.84. The molecule has 2 aromatic rings. The Morgan fingerprint density at radius 2 is 1.75 bits per heavy atom. The molecule has 0 spiro atoms. The van der Waals surface area contributed by atoms with Gasteiger partial charge in [0, 0.05) is 5.56 Å². The van der Waals surface area contributed by atoms with E-state index in [1.807, 2.05) is 13.1 Å². The zero-order chi connectivity index (χ0) is 14.7. The summed E-state index contributed by atoms with van der Waals surface area (Å²) in [6.07, 6.45) is 1.15. The Morgan fingerprint density at radius 1 is 1.15 bits per heavy atom. The van der Waals surface area contributed by atoms with Crippen LogP contribution in [0.5, 0.6) is 0 Å². The maximum absolute atomic E-state index is 6.27. The van der Waals surface area contributed by atoms with E-state index in [9.17, 15) is 0 Å². The molecule has 2 atom stereocenters. The van der Waals surface area contributed by atoms with Crippen LogP contribution in [0.3, 0.4) is 0 Å². The molecule has 0 amide bonds. The van der Waals surface area contributed by atoms with Crippen LogP contribution in [0.15, 0.2) is 30.3 Å². The van der Waals surface area contributed by atoms with Gasteiger partial charge in [-0.1, -0.05) is 61.3 Å². The van der Waals surface area contributed by atoms with Crippen LogP contribution in [0, 0.1) is 0 Å². The zero-order valence-electron chi connectivity index (χ0n) is 11.9. The van der Waals surface area contributed by atoms with E-state index in [0.29, 0.717) is 5.92 Å². The molecule has 1 aromatic heterocycles. The first-order chi connectivity index (χ1) is 9.56. The van der Waals surface area contributed by atoms with Crippen molar-refractivity contribution in [2.45, 2.75) is 32.2 Å². The van der Waals surface area contributed by atoms with Crippen LogP contribution in [0.2, 0.25) is 8.67 Å². The third kappa shape index (κ3) is 3.37. The van der Waals surface area contributed by atoms with Crippen molar-refractivity contribution in [2.75, 3.05) is 7.05 Å². The van der Waals surface area contributed by atoms with Gasteiger partial charge in [0.2, 0.25) is 0 Å². The van der Waals surface area contributed by atoms with Gasteiger partial charge in [-0.25, -0.2) is 0 Å². The first-order valence-electron chi connectivity index (χ1n) is 6.78. The second-order valence-corrected chi connectivity index (χ2v) is 7.26. The number of benzene rings is 1. The van der Waals surface area contributed by atoms with E-state index in [2.05, 4.69) is 43.4 Å². The highest BCUT2D eigenvalue weighted by Gasteiger charge is 2.18. The highest BCUT2D eigenvalue weighted by molar-refractivity contribution is 7.20. The Morgan fingerprint density at radius 3 is 2.20 bits per heavy atom. The summed E-state index contributed by atoms with van der Waals surface area (Å²) >= 11 is 13.7. The fraction of sp³-hybridized carbons (Fsp3) is 0.375. The first kappa shape index (κ1) is 15.8. The molecule has 1 N–H and O–H groups in total. The van der Waals surface area contributed by atoms with Crippen LogP contribution in [-0.4, -0.2) is 7.05 Å². The molecular formula is C16H19Cl2NS. The van der Waals surface area contributed by atoms with Crippen molar-refractivity contribution >= 4 is 34.5 Å². The second kappa shape index (κ2) is 6.95. The van der Waals surface area contributed by atoms with E-state index >= 15 is 0 Å². The van der Waals surface area contributed by atoms with E-state index in [1.165, 1.54) is 22.5 Å². The molecule has 108 valence electrons. The number of hydrogen-bond donors (Lipinski definition) is 1. The maximum atomic E-state index is 6.27. The van der Waals surface area contributed by atoms with E-state index in [-0.39, 0.29) is 6.04 Å². The van der Waals surface area contributed by atoms with Gasteiger partial charge >= 0.3 is 0 Å². The summed E-state index contributed by atoms with van der Waals surface area (Å²) in [6, 6.07) is 10.8. The van der Waals surface area contributed by atoms with Crippen LogP contribution >= 0.6 is 34.5 Å². The molecule has 1 nitrogen and oxygen atoms in total. The van der Waals surface area contributed by atoms with Crippen molar-refractivity contribution in [1.29, 1.82) is 0 Å². The van der Waals surface area contributed by atoms with Crippen molar-refractivity contribution < 1.29 is 0 Å². The van der Waals surface area contributed by atoms with E-state index in [1.54, 1.807) is 0 Å². The molecule has 1 aromatic carbocycles. The van der Waals surface area contributed by atoms with Crippen LogP contribution < -0.4 is 5.32 Å². The molecule has 20 heavy (non-hydrogen) atoms. The molecule has 1 heterocycles. The van der Waals surface area contributed by atoms with Gasteiger partial charge < -0.3 is 5.32 Å². The fourth-order valence-electron chi connectivity index (χ4n) is 2.30. The van der Waals surface area contributed by atoms with Gasteiger partial charge in [-0.05, 0) is 36.6 Å². The topological polar surface area (TPSA) is 12.0 Å². The van der Waals surface area contributed by atoms with Crippen LogP contribution in [0.4, 0.5) is 0 Å². The monoisotopic (exact) mass is 327 g/mol. The van der Waals surface area contributed by atoms with Crippen molar-refractivity contribution in [3.8, 4) is 0 Å². The Hall–Kier alpha value is -0.540. The van der Waals surface area contributed by atoms with Gasteiger partial charge in [-0.3, -0.25) is 0 Å². The summed E-state index contributed by atoms with van der Waals surface area (Å²) in [4.78, 5) is 0. The molecule has 0 fully saturated rings. The minimum atomic E-state index is 0.0808. The Bertz CT molecular complexity index is 562. The van der Waals surface area contributed by atoms with Crippen molar-refractivity contribution in [2.24, 2.45) is 0 Å². The summed E-state index contributed by atoms with van der Waals surface area (Å²) in [5.74, 6) is 0.594. The molecule has 0 saturated carbocycles. The van der Waals surface area contributed by atoms with Crippen LogP contribution in [-0.2, 0) is 0 Å². The highest BCUT2D eigenvalue weighted by atomic mass is 35.5. The molecule has 0 radical (unpaired) electrons. The minimum Gasteiger partial charge on any atom is -0.309 e. The summed E-state index contributed by atoms with van der Waals surface area (Å²) in [7, 11) is 1.94. The lowest BCUT2D eigenvalue weighted by Crippen LogP contribution is -2.17.